The van der Waals surface area contributed by atoms with Crippen molar-refractivity contribution < 1.29 is 14.4 Å². The summed E-state index contributed by atoms with van der Waals surface area (Å²) in [5.74, 6) is -0.316. The molecule has 0 saturated carbocycles. The van der Waals surface area contributed by atoms with Gasteiger partial charge in [0.2, 0.25) is 17.7 Å². The molecule has 1 atom stereocenters. The normalized spacial score (nSPS) is 13.7. The molecule has 0 saturated heterocycles. The lowest BCUT2D eigenvalue weighted by Crippen LogP contribution is -2.33. The van der Waals surface area contributed by atoms with Gasteiger partial charge < -0.3 is 15.5 Å². The molecule has 2 aromatic rings. The van der Waals surface area contributed by atoms with E-state index >= 15 is 0 Å². The predicted molar refractivity (Wildman–Crippen MR) is 123 cm³/mol. The Morgan fingerprint density at radius 2 is 2.06 bits per heavy atom. The third kappa shape index (κ3) is 5.46. The maximum absolute atomic E-state index is 13.0. The summed E-state index contributed by atoms with van der Waals surface area (Å²) in [7, 11) is 0. The molecule has 2 N–H and O–H groups in total. The fourth-order valence-electron chi connectivity index (χ4n) is 3.41. The highest BCUT2D eigenvalue weighted by Gasteiger charge is 2.27. The van der Waals surface area contributed by atoms with Crippen LogP contribution in [0.15, 0.2) is 29.2 Å². The summed E-state index contributed by atoms with van der Waals surface area (Å²) in [5, 5.41) is 15.6. The summed E-state index contributed by atoms with van der Waals surface area (Å²) in [5.41, 5.74) is 2.12. The molecule has 1 aliphatic rings. The van der Waals surface area contributed by atoms with E-state index in [1.54, 1.807) is 11.0 Å². The molecule has 0 spiro atoms. The van der Waals surface area contributed by atoms with E-state index in [0.717, 1.165) is 15.3 Å². The summed E-state index contributed by atoms with van der Waals surface area (Å²) >= 11 is 2.79. The standard InChI is InChI=1S/C22H24N4O3S2/c1-4-19(30-16-7-5-6-15(10-16)24-13(2)27)21(29)25-22-18(11-23)17-8-9-26(14(3)28)12-20(17)31-22/h5-7,10,19H,4,8-9,12H2,1-3H3,(H,24,27)(H,25,29). The number of benzene rings is 1. The van der Waals surface area contributed by atoms with Gasteiger partial charge in [0.25, 0.3) is 0 Å². The number of nitrogens with zero attached hydrogens (tertiary/aromatic N) is 2. The summed E-state index contributed by atoms with van der Waals surface area (Å²) in [6, 6.07) is 9.59. The topological polar surface area (TPSA) is 102 Å². The minimum atomic E-state index is -0.355. The Bertz CT molecular complexity index is 1060. The molecule has 1 aromatic carbocycles. The van der Waals surface area contributed by atoms with Crippen LogP contribution in [0.4, 0.5) is 10.7 Å². The number of hydrogen-bond acceptors (Lipinski definition) is 6. The van der Waals surface area contributed by atoms with E-state index in [1.807, 2.05) is 25.1 Å². The number of amides is 3. The summed E-state index contributed by atoms with van der Waals surface area (Å²) < 4.78 is 0. The number of thioether (sulfide) groups is 1. The lowest BCUT2D eigenvalue weighted by Gasteiger charge is -2.25. The van der Waals surface area contributed by atoms with Crippen molar-refractivity contribution in [3.63, 3.8) is 0 Å². The molecule has 0 radical (unpaired) electrons. The number of carbonyl (C=O) groups is 3. The third-order valence-electron chi connectivity index (χ3n) is 4.95. The minimum Gasteiger partial charge on any atom is -0.337 e. The smallest absolute Gasteiger partial charge is 0.238 e. The molecule has 0 fully saturated rings. The van der Waals surface area contributed by atoms with Crippen molar-refractivity contribution in [3.05, 3.63) is 40.3 Å². The van der Waals surface area contributed by atoms with Crippen LogP contribution in [0, 0.1) is 11.3 Å². The van der Waals surface area contributed by atoms with Crippen LogP contribution < -0.4 is 10.6 Å². The molecular formula is C22H24N4O3S2. The van der Waals surface area contributed by atoms with Gasteiger partial charge in [-0.05, 0) is 36.6 Å². The van der Waals surface area contributed by atoms with Crippen molar-refractivity contribution >= 4 is 51.5 Å². The first-order valence-electron chi connectivity index (χ1n) is 9.97. The lowest BCUT2D eigenvalue weighted by atomic mass is 10.0. The van der Waals surface area contributed by atoms with Crippen LogP contribution in [0.1, 0.15) is 43.2 Å². The average Bonchev–Trinajstić information content (AvgIpc) is 3.07. The second-order valence-electron chi connectivity index (χ2n) is 7.22. The Hall–Kier alpha value is -2.83. The van der Waals surface area contributed by atoms with Crippen LogP contribution >= 0.6 is 23.1 Å². The number of nitrogens with one attached hydrogen (secondary N) is 2. The Morgan fingerprint density at radius 1 is 1.29 bits per heavy atom. The van der Waals surface area contributed by atoms with Crippen LogP contribution in [0.5, 0.6) is 0 Å². The molecule has 1 aliphatic heterocycles. The fraction of sp³-hybridized carbons (Fsp3) is 0.364. The van der Waals surface area contributed by atoms with Crippen LogP contribution in [-0.2, 0) is 27.3 Å². The van der Waals surface area contributed by atoms with E-state index in [-0.39, 0.29) is 23.0 Å². The van der Waals surface area contributed by atoms with Crippen molar-refractivity contribution in [3.8, 4) is 6.07 Å². The average molecular weight is 457 g/mol. The Balaban J connectivity index is 1.75. The molecule has 1 unspecified atom stereocenters. The maximum atomic E-state index is 13.0. The molecule has 31 heavy (non-hydrogen) atoms. The third-order valence-corrected chi connectivity index (χ3v) is 7.44. The first kappa shape index (κ1) is 22.8. The highest BCUT2D eigenvalue weighted by molar-refractivity contribution is 8.00. The van der Waals surface area contributed by atoms with Gasteiger partial charge in [-0.2, -0.15) is 5.26 Å². The molecule has 9 heteroatoms. The maximum Gasteiger partial charge on any atom is 0.238 e. The molecule has 1 aromatic heterocycles. The molecule has 2 heterocycles. The molecule has 0 bridgehead atoms. The Labute approximate surface area is 189 Å². The van der Waals surface area contributed by atoms with Gasteiger partial charge in [-0.1, -0.05) is 13.0 Å². The van der Waals surface area contributed by atoms with Gasteiger partial charge in [0.1, 0.15) is 11.1 Å². The predicted octanol–water partition coefficient (Wildman–Crippen LogP) is 3.99. The molecule has 0 aliphatic carbocycles. The molecule has 3 rings (SSSR count). The quantitative estimate of drug-likeness (QED) is 0.640. The van der Waals surface area contributed by atoms with Gasteiger partial charge in [-0.3, -0.25) is 14.4 Å². The zero-order valence-corrected chi connectivity index (χ0v) is 19.3. The van der Waals surface area contributed by atoms with Gasteiger partial charge in [0, 0.05) is 35.9 Å². The van der Waals surface area contributed by atoms with E-state index in [2.05, 4.69) is 16.7 Å². The van der Waals surface area contributed by atoms with Gasteiger partial charge in [-0.15, -0.1) is 23.1 Å². The second-order valence-corrected chi connectivity index (χ2v) is 9.60. The Morgan fingerprint density at radius 3 is 2.71 bits per heavy atom. The molecule has 3 amide bonds. The number of hydrogen-bond donors (Lipinski definition) is 2. The van der Waals surface area contributed by atoms with Crippen LogP contribution in [0.2, 0.25) is 0 Å². The van der Waals surface area contributed by atoms with Crippen molar-refractivity contribution in [1.82, 2.24) is 4.90 Å². The number of anilines is 2. The lowest BCUT2D eigenvalue weighted by molar-refractivity contribution is -0.129. The summed E-state index contributed by atoms with van der Waals surface area (Å²) in [6.07, 6.45) is 1.22. The van der Waals surface area contributed by atoms with Crippen molar-refractivity contribution in [2.24, 2.45) is 0 Å². The largest absolute Gasteiger partial charge is 0.337 e. The van der Waals surface area contributed by atoms with Gasteiger partial charge >= 0.3 is 0 Å². The number of fused-ring (bicyclic) bond motifs is 1. The zero-order valence-electron chi connectivity index (χ0n) is 17.7. The van der Waals surface area contributed by atoms with Crippen LogP contribution in [0.3, 0.4) is 0 Å². The second kappa shape index (κ2) is 9.98. The van der Waals surface area contributed by atoms with Gasteiger partial charge in [0.05, 0.1) is 17.4 Å². The van der Waals surface area contributed by atoms with Crippen molar-refractivity contribution in [2.45, 2.75) is 50.3 Å². The van der Waals surface area contributed by atoms with E-state index in [1.165, 1.54) is 36.9 Å². The number of carbonyl (C=O) groups excluding carboxylic acids is 3. The van der Waals surface area contributed by atoms with E-state index in [0.29, 0.717) is 42.2 Å². The van der Waals surface area contributed by atoms with E-state index in [4.69, 9.17) is 0 Å². The van der Waals surface area contributed by atoms with Crippen LogP contribution in [-0.4, -0.2) is 34.4 Å². The number of thiophene rings is 1. The first-order valence-corrected chi connectivity index (χ1v) is 11.7. The fourth-order valence-corrected chi connectivity index (χ4v) is 5.64. The zero-order chi connectivity index (χ0) is 22.5. The van der Waals surface area contributed by atoms with Crippen molar-refractivity contribution in [2.75, 3.05) is 17.2 Å². The Kier molecular flexibility index (Phi) is 7.36. The number of nitriles is 1. The summed E-state index contributed by atoms with van der Waals surface area (Å²) in [6.45, 7) is 5.98. The number of rotatable bonds is 6. The van der Waals surface area contributed by atoms with Crippen molar-refractivity contribution in [1.29, 1.82) is 5.26 Å². The molecular weight excluding hydrogens is 432 g/mol. The van der Waals surface area contributed by atoms with Gasteiger partial charge in [0.15, 0.2) is 0 Å². The van der Waals surface area contributed by atoms with E-state index < -0.39 is 0 Å². The first-order chi connectivity index (χ1) is 14.8. The SMILES string of the molecule is CCC(Sc1cccc(NC(C)=O)c1)C(=O)Nc1sc2c(c1C#N)CCN(C(C)=O)C2. The highest BCUT2D eigenvalue weighted by atomic mass is 32.2. The van der Waals surface area contributed by atoms with E-state index in [9.17, 15) is 19.6 Å². The monoisotopic (exact) mass is 456 g/mol. The molecule has 162 valence electrons. The van der Waals surface area contributed by atoms with Crippen LogP contribution in [0.25, 0.3) is 0 Å². The highest BCUT2D eigenvalue weighted by Crippen LogP contribution is 2.37. The summed E-state index contributed by atoms with van der Waals surface area (Å²) in [4.78, 5) is 39.6. The minimum absolute atomic E-state index is 0.00656. The molecule has 7 nitrogen and oxygen atoms in total. The van der Waals surface area contributed by atoms with Gasteiger partial charge in [-0.25, -0.2) is 0 Å².